The molecule has 37 heavy (non-hydrogen) atoms. The Morgan fingerprint density at radius 1 is 1.16 bits per heavy atom. The van der Waals surface area contributed by atoms with Crippen molar-refractivity contribution in [3.05, 3.63) is 65.2 Å². The van der Waals surface area contributed by atoms with E-state index in [1.807, 2.05) is 56.3 Å². The molecule has 1 unspecified atom stereocenters. The third kappa shape index (κ3) is 5.50. The van der Waals surface area contributed by atoms with E-state index in [0.29, 0.717) is 24.8 Å². The SMILES string of the molecule is CCC[C@@H](c1cccc(C(=O)NC2CC(C)(C)Oc3ccccc32)c1)N1C(=N)NC(CC)(CC)CC1=O. The Balaban J connectivity index is 1.58. The number of nitrogens with zero attached hydrogens (tertiary/aromatic N) is 1. The van der Waals surface area contributed by atoms with E-state index in [2.05, 4.69) is 31.4 Å². The molecule has 0 radical (unpaired) electrons. The molecule has 2 aromatic rings. The lowest BCUT2D eigenvalue weighted by Crippen LogP contribution is -2.62. The van der Waals surface area contributed by atoms with Gasteiger partial charge in [-0.2, -0.15) is 0 Å². The number of benzene rings is 2. The highest BCUT2D eigenvalue weighted by atomic mass is 16.5. The van der Waals surface area contributed by atoms with Crippen molar-refractivity contribution < 1.29 is 14.3 Å². The summed E-state index contributed by atoms with van der Waals surface area (Å²) in [5, 5.41) is 15.3. The summed E-state index contributed by atoms with van der Waals surface area (Å²) in [7, 11) is 0. The lowest BCUT2D eigenvalue weighted by atomic mass is 9.85. The number of carbonyl (C=O) groups is 2. The van der Waals surface area contributed by atoms with Crippen molar-refractivity contribution in [2.75, 3.05) is 0 Å². The van der Waals surface area contributed by atoms with Crippen LogP contribution in [0.15, 0.2) is 48.5 Å². The lowest BCUT2D eigenvalue weighted by molar-refractivity contribution is -0.132. The van der Waals surface area contributed by atoms with Crippen molar-refractivity contribution in [3.63, 3.8) is 0 Å². The number of rotatable bonds is 8. The van der Waals surface area contributed by atoms with Gasteiger partial charge in [-0.1, -0.05) is 57.5 Å². The van der Waals surface area contributed by atoms with E-state index in [1.165, 1.54) is 0 Å². The van der Waals surface area contributed by atoms with Gasteiger partial charge in [0, 0.05) is 23.1 Å². The van der Waals surface area contributed by atoms with E-state index < -0.39 is 5.60 Å². The van der Waals surface area contributed by atoms with E-state index >= 15 is 0 Å². The van der Waals surface area contributed by atoms with Gasteiger partial charge in [-0.3, -0.25) is 19.9 Å². The molecule has 1 fully saturated rings. The minimum absolute atomic E-state index is 0.0400. The first-order valence-corrected chi connectivity index (χ1v) is 13.5. The van der Waals surface area contributed by atoms with Crippen LogP contribution >= 0.6 is 0 Å². The highest BCUT2D eigenvalue weighted by molar-refractivity contribution is 6.00. The van der Waals surface area contributed by atoms with E-state index in [0.717, 1.165) is 36.1 Å². The third-order valence-electron chi connectivity index (χ3n) is 7.83. The van der Waals surface area contributed by atoms with Crippen molar-refractivity contribution >= 4 is 17.8 Å². The van der Waals surface area contributed by atoms with Crippen molar-refractivity contribution in [2.45, 2.75) is 96.4 Å². The van der Waals surface area contributed by atoms with Gasteiger partial charge in [0.25, 0.3) is 5.91 Å². The molecule has 2 aliphatic heterocycles. The first-order valence-electron chi connectivity index (χ1n) is 13.5. The maximum atomic E-state index is 13.4. The molecule has 7 nitrogen and oxygen atoms in total. The van der Waals surface area contributed by atoms with Crippen LogP contribution in [0.25, 0.3) is 0 Å². The van der Waals surface area contributed by atoms with Crippen LogP contribution < -0.4 is 15.4 Å². The predicted octanol–water partition coefficient (Wildman–Crippen LogP) is 5.88. The van der Waals surface area contributed by atoms with Gasteiger partial charge in [-0.15, -0.1) is 0 Å². The fourth-order valence-electron chi connectivity index (χ4n) is 5.64. The van der Waals surface area contributed by atoms with E-state index in [4.69, 9.17) is 10.1 Å². The van der Waals surface area contributed by atoms with Crippen LogP contribution in [-0.2, 0) is 4.79 Å². The first-order chi connectivity index (χ1) is 17.6. The second-order valence-electron chi connectivity index (χ2n) is 11.0. The number of amides is 2. The highest BCUT2D eigenvalue weighted by Gasteiger charge is 2.42. The number of nitrogens with one attached hydrogen (secondary N) is 3. The Kier molecular flexibility index (Phi) is 7.62. The highest BCUT2D eigenvalue weighted by Crippen LogP contribution is 2.39. The summed E-state index contributed by atoms with van der Waals surface area (Å²) < 4.78 is 6.12. The van der Waals surface area contributed by atoms with Crippen LogP contribution in [0.4, 0.5) is 0 Å². The number of hydrogen-bond acceptors (Lipinski definition) is 4. The van der Waals surface area contributed by atoms with Crippen LogP contribution in [0.1, 0.15) is 107 Å². The number of carbonyl (C=O) groups excluding carboxylic acids is 2. The Morgan fingerprint density at radius 3 is 2.57 bits per heavy atom. The normalized spacial score (nSPS) is 20.9. The molecular formula is C30H40N4O3. The minimum atomic E-state index is -0.394. The van der Waals surface area contributed by atoms with E-state index in [-0.39, 0.29) is 35.4 Å². The molecule has 0 saturated carbocycles. The summed E-state index contributed by atoms with van der Waals surface area (Å²) in [5.41, 5.74) is 1.62. The topological polar surface area (TPSA) is 94.5 Å². The molecule has 7 heteroatoms. The smallest absolute Gasteiger partial charge is 0.251 e. The average Bonchev–Trinajstić information content (AvgIpc) is 2.87. The van der Waals surface area contributed by atoms with Gasteiger partial charge in [0.2, 0.25) is 5.91 Å². The molecule has 2 aliphatic rings. The van der Waals surface area contributed by atoms with Crippen LogP contribution in [0.2, 0.25) is 0 Å². The molecule has 0 bridgehead atoms. The lowest BCUT2D eigenvalue weighted by Gasteiger charge is -2.45. The predicted molar refractivity (Wildman–Crippen MR) is 146 cm³/mol. The van der Waals surface area contributed by atoms with Gasteiger partial charge in [-0.25, -0.2) is 0 Å². The van der Waals surface area contributed by atoms with Gasteiger partial charge < -0.3 is 15.4 Å². The molecule has 3 N–H and O–H groups in total. The summed E-state index contributed by atoms with van der Waals surface area (Å²) in [5.74, 6) is 0.741. The Bertz CT molecular complexity index is 1150. The van der Waals surface area contributed by atoms with Crippen LogP contribution in [-0.4, -0.2) is 33.8 Å². The van der Waals surface area contributed by atoms with Crippen LogP contribution in [0.3, 0.4) is 0 Å². The molecule has 198 valence electrons. The molecule has 0 aromatic heterocycles. The van der Waals surface area contributed by atoms with Crippen molar-refractivity contribution in [1.29, 1.82) is 5.41 Å². The van der Waals surface area contributed by atoms with Crippen molar-refractivity contribution in [3.8, 4) is 5.75 Å². The fraction of sp³-hybridized carbons (Fsp3) is 0.500. The molecule has 1 saturated heterocycles. The Labute approximate surface area is 220 Å². The van der Waals surface area contributed by atoms with Gasteiger partial charge in [-0.05, 0) is 56.9 Å². The van der Waals surface area contributed by atoms with Crippen LogP contribution in [0, 0.1) is 5.41 Å². The number of para-hydroxylation sites is 1. The maximum Gasteiger partial charge on any atom is 0.251 e. The van der Waals surface area contributed by atoms with Crippen molar-refractivity contribution in [2.24, 2.45) is 0 Å². The zero-order valence-electron chi connectivity index (χ0n) is 22.7. The third-order valence-corrected chi connectivity index (χ3v) is 7.83. The first kappa shape index (κ1) is 26.7. The van der Waals surface area contributed by atoms with Crippen molar-refractivity contribution in [1.82, 2.24) is 15.5 Å². The summed E-state index contributed by atoms with van der Waals surface area (Å²) in [6.45, 7) is 10.2. The Morgan fingerprint density at radius 2 is 1.89 bits per heavy atom. The zero-order chi connectivity index (χ0) is 26.8. The largest absolute Gasteiger partial charge is 0.487 e. The minimum Gasteiger partial charge on any atom is -0.487 e. The molecular weight excluding hydrogens is 464 g/mol. The zero-order valence-corrected chi connectivity index (χ0v) is 22.7. The number of fused-ring (bicyclic) bond motifs is 1. The number of guanidine groups is 1. The molecule has 2 heterocycles. The van der Waals surface area contributed by atoms with Gasteiger partial charge in [0.15, 0.2) is 5.96 Å². The number of ether oxygens (including phenoxy) is 1. The molecule has 0 spiro atoms. The van der Waals surface area contributed by atoms with Crippen LogP contribution in [0.5, 0.6) is 5.75 Å². The molecule has 4 rings (SSSR count). The van der Waals surface area contributed by atoms with Gasteiger partial charge in [0.05, 0.1) is 18.5 Å². The molecule has 2 aromatic carbocycles. The monoisotopic (exact) mass is 504 g/mol. The second-order valence-corrected chi connectivity index (χ2v) is 11.0. The molecule has 2 atom stereocenters. The summed E-state index contributed by atoms with van der Waals surface area (Å²) in [6.07, 6.45) is 4.14. The average molecular weight is 505 g/mol. The summed E-state index contributed by atoms with van der Waals surface area (Å²) >= 11 is 0. The quantitative estimate of drug-likeness (QED) is 0.419. The number of hydrogen-bond donors (Lipinski definition) is 3. The summed E-state index contributed by atoms with van der Waals surface area (Å²) in [6, 6.07) is 14.9. The maximum absolute atomic E-state index is 13.4. The summed E-state index contributed by atoms with van der Waals surface area (Å²) in [4.78, 5) is 28.4. The Hall–Kier alpha value is -3.35. The van der Waals surface area contributed by atoms with E-state index in [9.17, 15) is 9.59 Å². The van der Waals surface area contributed by atoms with E-state index in [1.54, 1.807) is 11.0 Å². The fourth-order valence-corrected chi connectivity index (χ4v) is 5.64. The molecule has 0 aliphatic carbocycles. The van der Waals surface area contributed by atoms with Gasteiger partial charge >= 0.3 is 0 Å². The standard InChI is InChI=1S/C30H40N4O3/c1-6-12-24(34-26(35)19-30(7-2,8-3)33-28(34)31)20-13-11-14-21(17-20)27(36)32-23-18-29(4,5)37-25-16-10-9-15-22(23)25/h9-11,13-17,23-24H,6-8,12,18-19H2,1-5H3,(H2,31,33)(H,32,36)/t23?,24-/m0/s1. The van der Waals surface area contributed by atoms with Gasteiger partial charge in [0.1, 0.15) is 11.4 Å². The molecule has 2 amide bonds. The second kappa shape index (κ2) is 10.6.